The standard InChI is InChI=1S/C15H19Cl2F/c1-9-3-5-11(6-4-9)15(17)12-7-10(2)14(18)8-13(12)16/h7-9,11,15H,3-6H2,1-2H3. The van der Waals surface area contributed by atoms with E-state index in [0.717, 1.165) is 24.3 Å². The van der Waals surface area contributed by atoms with Gasteiger partial charge in [0.2, 0.25) is 0 Å². The highest BCUT2D eigenvalue weighted by molar-refractivity contribution is 6.32. The van der Waals surface area contributed by atoms with Crippen molar-refractivity contribution in [3.63, 3.8) is 0 Å². The molecule has 0 amide bonds. The van der Waals surface area contributed by atoms with Gasteiger partial charge < -0.3 is 0 Å². The fraction of sp³-hybridized carbons (Fsp3) is 0.600. The van der Waals surface area contributed by atoms with Crippen molar-refractivity contribution in [3.8, 4) is 0 Å². The molecule has 1 fully saturated rings. The van der Waals surface area contributed by atoms with Crippen molar-refractivity contribution >= 4 is 23.2 Å². The van der Waals surface area contributed by atoms with Gasteiger partial charge in [0.05, 0.1) is 5.38 Å². The number of hydrogen-bond donors (Lipinski definition) is 0. The molecule has 0 nitrogen and oxygen atoms in total. The Hall–Kier alpha value is -0.270. The Labute approximate surface area is 118 Å². The highest BCUT2D eigenvalue weighted by Gasteiger charge is 2.27. The van der Waals surface area contributed by atoms with Crippen molar-refractivity contribution < 1.29 is 4.39 Å². The first-order chi connectivity index (χ1) is 8.49. The first kappa shape index (κ1) is 14.1. The minimum atomic E-state index is -0.259. The van der Waals surface area contributed by atoms with Gasteiger partial charge in [-0.1, -0.05) is 37.4 Å². The number of aryl methyl sites for hydroxylation is 1. The lowest BCUT2D eigenvalue weighted by atomic mass is 9.79. The van der Waals surface area contributed by atoms with E-state index in [1.165, 1.54) is 18.9 Å². The summed E-state index contributed by atoms with van der Waals surface area (Å²) in [6.45, 7) is 4.04. The van der Waals surface area contributed by atoms with Crippen molar-refractivity contribution in [2.45, 2.75) is 44.9 Å². The first-order valence-corrected chi connectivity index (χ1v) is 7.40. The summed E-state index contributed by atoms with van der Waals surface area (Å²) in [5.41, 5.74) is 1.50. The van der Waals surface area contributed by atoms with E-state index in [1.54, 1.807) is 13.0 Å². The molecule has 18 heavy (non-hydrogen) atoms. The van der Waals surface area contributed by atoms with Gasteiger partial charge in [0.1, 0.15) is 5.82 Å². The molecule has 1 aromatic carbocycles. The van der Waals surface area contributed by atoms with Crippen LogP contribution in [0.4, 0.5) is 4.39 Å². The topological polar surface area (TPSA) is 0 Å². The molecule has 1 aliphatic carbocycles. The van der Waals surface area contributed by atoms with Crippen molar-refractivity contribution in [2.24, 2.45) is 11.8 Å². The molecule has 0 aliphatic heterocycles. The lowest BCUT2D eigenvalue weighted by molar-refractivity contribution is 0.283. The van der Waals surface area contributed by atoms with Crippen LogP contribution < -0.4 is 0 Å². The minimum absolute atomic E-state index is 0.0932. The Bertz CT molecular complexity index is 423. The second-order valence-electron chi connectivity index (χ2n) is 5.54. The Balaban J connectivity index is 2.18. The number of hydrogen-bond acceptors (Lipinski definition) is 0. The van der Waals surface area contributed by atoms with E-state index in [4.69, 9.17) is 23.2 Å². The van der Waals surface area contributed by atoms with Gasteiger partial charge in [0.15, 0.2) is 0 Å². The van der Waals surface area contributed by atoms with Crippen molar-refractivity contribution in [2.75, 3.05) is 0 Å². The van der Waals surface area contributed by atoms with Gasteiger partial charge in [0, 0.05) is 5.02 Å². The van der Waals surface area contributed by atoms with Crippen LogP contribution in [0.15, 0.2) is 12.1 Å². The van der Waals surface area contributed by atoms with E-state index in [2.05, 4.69) is 6.92 Å². The summed E-state index contributed by atoms with van der Waals surface area (Å²) in [4.78, 5) is 0. The van der Waals surface area contributed by atoms with E-state index in [9.17, 15) is 4.39 Å². The smallest absolute Gasteiger partial charge is 0.127 e. The van der Waals surface area contributed by atoms with Gasteiger partial charge in [-0.15, -0.1) is 11.6 Å². The maximum absolute atomic E-state index is 13.4. The van der Waals surface area contributed by atoms with Gasteiger partial charge in [-0.25, -0.2) is 4.39 Å². The van der Waals surface area contributed by atoms with Crippen LogP contribution in [0.25, 0.3) is 0 Å². The van der Waals surface area contributed by atoms with Gasteiger partial charge in [0.25, 0.3) is 0 Å². The summed E-state index contributed by atoms with van der Waals surface area (Å²) in [5, 5.41) is 0.362. The number of rotatable bonds is 2. The highest BCUT2D eigenvalue weighted by atomic mass is 35.5. The predicted octanol–water partition coefficient (Wildman–Crippen LogP) is 5.89. The SMILES string of the molecule is Cc1cc(C(Cl)C2CCC(C)CC2)c(Cl)cc1F. The lowest BCUT2D eigenvalue weighted by Crippen LogP contribution is -2.17. The molecule has 0 spiro atoms. The van der Waals surface area contributed by atoms with Crippen molar-refractivity contribution in [1.29, 1.82) is 0 Å². The summed E-state index contributed by atoms with van der Waals surface area (Å²) < 4.78 is 13.4. The minimum Gasteiger partial charge on any atom is -0.207 e. The van der Waals surface area contributed by atoms with Gasteiger partial charge >= 0.3 is 0 Å². The number of benzene rings is 1. The maximum Gasteiger partial charge on any atom is 0.127 e. The first-order valence-electron chi connectivity index (χ1n) is 6.58. The average molecular weight is 289 g/mol. The molecule has 1 saturated carbocycles. The summed E-state index contributed by atoms with van der Waals surface area (Å²) >= 11 is 12.7. The summed E-state index contributed by atoms with van der Waals surface area (Å²) in [6, 6.07) is 3.18. The van der Waals surface area contributed by atoms with Gasteiger partial charge in [-0.2, -0.15) is 0 Å². The molecule has 0 N–H and O–H groups in total. The van der Waals surface area contributed by atoms with Crippen LogP contribution in [-0.2, 0) is 0 Å². The molecule has 0 radical (unpaired) electrons. The van der Waals surface area contributed by atoms with E-state index in [-0.39, 0.29) is 11.2 Å². The molecule has 0 aromatic heterocycles. The molecule has 0 heterocycles. The quantitative estimate of drug-likeness (QED) is 0.595. The Morgan fingerprint density at radius 1 is 1.22 bits per heavy atom. The van der Waals surface area contributed by atoms with E-state index >= 15 is 0 Å². The Morgan fingerprint density at radius 3 is 2.44 bits per heavy atom. The Kier molecular flexibility index (Phi) is 4.55. The zero-order valence-electron chi connectivity index (χ0n) is 10.8. The zero-order valence-corrected chi connectivity index (χ0v) is 12.4. The molecule has 1 aromatic rings. The zero-order chi connectivity index (χ0) is 13.3. The monoisotopic (exact) mass is 288 g/mol. The molecule has 3 heteroatoms. The average Bonchev–Trinajstić information content (AvgIpc) is 2.34. The van der Waals surface area contributed by atoms with Crippen LogP contribution >= 0.6 is 23.2 Å². The van der Waals surface area contributed by atoms with Crippen LogP contribution in [0.1, 0.15) is 49.1 Å². The van der Waals surface area contributed by atoms with Crippen LogP contribution in [0.3, 0.4) is 0 Å². The summed E-state index contributed by atoms with van der Waals surface area (Å²) in [6.07, 6.45) is 4.74. The third-order valence-corrected chi connectivity index (χ3v) is 4.97. The van der Waals surface area contributed by atoms with E-state index < -0.39 is 0 Å². The fourth-order valence-electron chi connectivity index (χ4n) is 2.72. The third kappa shape index (κ3) is 3.00. The second-order valence-corrected chi connectivity index (χ2v) is 6.42. The van der Waals surface area contributed by atoms with Crippen LogP contribution in [-0.4, -0.2) is 0 Å². The largest absolute Gasteiger partial charge is 0.207 e. The molecule has 100 valence electrons. The summed E-state index contributed by atoms with van der Waals surface area (Å²) in [5.74, 6) is 1.01. The van der Waals surface area contributed by atoms with E-state index in [1.807, 2.05) is 0 Å². The van der Waals surface area contributed by atoms with Crippen LogP contribution in [0, 0.1) is 24.6 Å². The van der Waals surface area contributed by atoms with E-state index in [0.29, 0.717) is 16.5 Å². The predicted molar refractivity (Wildman–Crippen MR) is 75.9 cm³/mol. The molecule has 1 unspecified atom stereocenters. The second kappa shape index (κ2) is 5.79. The number of halogens is 3. The molecule has 1 atom stereocenters. The molecule has 2 rings (SSSR count). The van der Waals surface area contributed by atoms with Crippen LogP contribution in [0.5, 0.6) is 0 Å². The molecular weight excluding hydrogens is 270 g/mol. The highest BCUT2D eigenvalue weighted by Crippen LogP contribution is 2.42. The number of alkyl halides is 1. The Morgan fingerprint density at radius 2 is 1.83 bits per heavy atom. The summed E-state index contributed by atoms with van der Waals surface area (Å²) in [7, 11) is 0. The molecule has 0 saturated heterocycles. The molecular formula is C15H19Cl2F. The molecule has 0 bridgehead atoms. The van der Waals surface area contributed by atoms with Crippen molar-refractivity contribution in [3.05, 3.63) is 34.1 Å². The molecule has 1 aliphatic rings. The van der Waals surface area contributed by atoms with Crippen molar-refractivity contribution in [1.82, 2.24) is 0 Å². The fourth-order valence-corrected chi connectivity index (χ4v) is 3.48. The van der Waals surface area contributed by atoms with Crippen LogP contribution in [0.2, 0.25) is 5.02 Å². The van der Waals surface area contributed by atoms with Gasteiger partial charge in [-0.05, 0) is 48.8 Å². The normalized spacial score (nSPS) is 26.1. The lowest BCUT2D eigenvalue weighted by Gasteiger charge is -2.30. The third-order valence-electron chi connectivity index (χ3n) is 4.05. The maximum atomic E-state index is 13.4. The van der Waals surface area contributed by atoms with Gasteiger partial charge in [-0.3, -0.25) is 0 Å².